The molecule has 0 unspecified atom stereocenters. The Bertz CT molecular complexity index is 769. The fourth-order valence-electron chi connectivity index (χ4n) is 2.68. The van der Waals surface area contributed by atoms with Gasteiger partial charge in [0.1, 0.15) is 0 Å². The van der Waals surface area contributed by atoms with E-state index in [1.54, 1.807) is 11.3 Å². The van der Waals surface area contributed by atoms with Crippen LogP contribution in [0, 0.1) is 13.8 Å². The minimum Gasteiger partial charge on any atom is -0.379 e. The highest BCUT2D eigenvalue weighted by Gasteiger charge is 2.14. The Morgan fingerprint density at radius 3 is 2.56 bits per heavy atom. The number of benzene rings is 1. The SMILES string of the molecule is CCOCCOCc1cccc(NC(=O)CCC(=O)c2cc(C)sc2C)c1. The van der Waals surface area contributed by atoms with Crippen LogP contribution >= 0.6 is 11.3 Å². The number of aryl methyl sites for hydroxylation is 2. The van der Waals surface area contributed by atoms with Crippen molar-refractivity contribution in [1.82, 2.24) is 0 Å². The predicted octanol–water partition coefficient (Wildman–Crippen LogP) is 4.52. The van der Waals surface area contributed by atoms with Crippen LogP contribution in [0.2, 0.25) is 0 Å². The lowest BCUT2D eigenvalue weighted by Crippen LogP contribution is -2.13. The van der Waals surface area contributed by atoms with E-state index >= 15 is 0 Å². The smallest absolute Gasteiger partial charge is 0.224 e. The van der Waals surface area contributed by atoms with E-state index in [-0.39, 0.29) is 24.5 Å². The van der Waals surface area contributed by atoms with Crippen LogP contribution in [-0.2, 0) is 20.9 Å². The van der Waals surface area contributed by atoms with Gasteiger partial charge < -0.3 is 14.8 Å². The lowest BCUT2D eigenvalue weighted by Gasteiger charge is -2.08. The van der Waals surface area contributed by atoms with Gasteiger partial charge in [0.2, 0.25) is 5.91 Å². The summed E-state index contributed by atoms with van der Waals surface area (Å²) >= 11 is 1.61. The topological polar surface area (TPSA) is 64.6 Å². The van der Waals surface area contributed by atoms with Crippen molar-refractivity contribution in [2.24, 2.45) is 0 Å². The summed E-state index contributed by atoms with van der Waals surface area (Å²) in [5.41, 5.74) is 2.42. The van der Waals surface area contributed by atoms with Crippen molar-refractivity contribution >= 4 is 28.7 Å². The van der Waals surface area contributed by atoms with E-state index in [1.165, 1.54) is 0 Å². The van der Waals surface area contributed by atoms with Gasteiger partial charge in [-0.05, 0) is 44.5 Å². The highest BCUT2D eigenvalue weighted by atomic mass is 32.1. The monoisotopic (exact) mass is 389 g/mol. The third-order valence-electron chi connectivity index (χ3n) is 3.98. The number of thiophene rings is 1. The third kappa shape index (κ3) is 7.25. The molecule has 0 radical (unpaired) electrons. The number of ether oxygens (including phenoxy) is 2. The van der Waals surface area contributed by atoms with E-state index < -0.39 is 0 Å². The van der Waals surface area contributed by atoms with Crippen molar-refractivity contribution in [2.75, 3.05) is 25.1 Å². The quantitative estimate of drug-likeness (QED) is 0.453. The van der Waals surface area contributed by atoms with Gasteiger partial charge in [-0.15, -0.1) is 11.3 Å². The molecule has 6 heteroatoms. The van der Waals surface area contributed by atoms with E-state index in [0.29, 0.717) is 32.1 Å². The van der Waals surface area contributed by atoms with Crippen molar-refractivity contribution in [2.45, 2.75) is 40.2 Å². The third-order valence-corrected chi connectivity index (χ3v) is 4.94. The van der Waals surface area contributed by atoms with Gasteiger partial charge in [-0.25, -0.2) is 0 Å². The zero-order valence-electron chi connectivity index (χ0n) is 16.2. The van der Waals surface area contributed by atoms with E-state index in [9.17, 15) is 9.59 Å². The number of hydrogen-bond acceptors (Lipinski definition) is 5. The Hall–Kier alpha value is -2.02. The molecule has 0 bridgehead atoms. The Kier molecular flexibility index (Phi) is 8.64. The van der Waals surface area contributed by atoms with Crippen LogP contribution in [0.25, 0.3) is 0 Å². The second kappa shape index (κ2) is 11.0. The molecule has 0 saturated carbocycles. The molecule has 1 N–H and O–H groups in total. The van der Waals surface area contributed by atoms with Crippen molar-refractivity contribution in [3.8, 4) is 0 Å². The fraction of sp³-hybridized carbons (Fsp3) is 0.429. The molecule has 2 rings (SSSR count). The van der Waals surface area contributed by atoms with Crippen molar-refractivity contribution < 1.29 is 19.1 Å². The minimum atomic E-state index is -0.164. The molecule has 0 spiro atoms. The summed E-state index contributed by atoms with van der Waals surface area (Å²) < 4.78 is 10.8. The van der Waals surface area contributed by atoms with Crippen LogP contribution in [0.15, 0.2) is 30.3 Å². The first-order chi connectivity index (χ1) is 13.0. The molecule has 0 atom stereocenters. The standard InChI is InChI=1S/C21H27NO4S/c1-4-25-10-11-26-14-17-6-5-7-18(13-17)22-21(24)9-8-20(23)19-12-15(2)27-16(19)3/h5-7,12-13H,4,8-11,14H2,1-3H3,(H,22,24). The van der Waals surface area contributed by atoms with E-state index in [1.807, 2.05) is 51.1 Å². The van der Waals surface area contributed by atoms with Crippen LogP contribution in [0.4, 0.5) is 5.69 Å². The zero-order valence-corrected chi connectivity index (χ0v) is 17.0. The van der Waals surface area contributed by atoms with Gasteiger partial charge in [-0.2, -0.15) is 0 Å². The van der Waals surface area contributed by atoms with Gasteiger partial charge in [-0.3, -0.25) is 9.59 Å². The second-order valence-corrected chi connectivity index (χ2v) is 7.71. The van der Waals surface area contributed by atoms with Crippen molar-refractivity contribution in [1.29, 1.82) is 0 Å². The molecule has 2 aromatic rings. The lowest BCUT2D eigenvalue weighted by atomic mass is 10.1. The van der Waals surface area contributed by atoms with Gasteiger partial charge in [-0.1, -0.05) is 12.1 Å². The molecule has 1 aromatic carbocycles. The summed E-state index contributed by atoms with van der Waals surface area (Å²) in [6, 6.07) is 9.43. The van der Waals surface area contributed by atoms with E-state index in [2.05, 4.69) is 5.32 Å². The van der Waals surface area contributed by atoms with Crippen molar-refractivity contribution in [3.63, 3.8) is 0 Å². The average Bonchev–Trinajstić information content (AvgIpc) is 2.98. The molecule has 1 aromatic heterocycles. The first kappa shape index (κ1) is 21.3. The van der Waals surface area contributed by atoms with E-state index in [0.717, 1.165) is 20.9 Å². The Balaban J connectivity index is 1.79. The summed E-state index contributed by atoms with van der Waals surface area (Å²) in [4.78, 5) is 26.6. The average molecular weight is 390 g/mol. The molecular formula is C21H27NO4S. The number of anilines is 1. The number of ketones is 1. The van der Waals surface area contributed by atoms with Gasteiger partial charge in [0.15, 0.2) is 5.78 Å². The Labute approximate surface area is 164 Å². The molecule has 0 fully saturated rings. The van der Waals surface area contributed by atoms with Gasteiger partial charge in [0.05, 0.1) is 19.8 Å². The first-order valence-electron chi connectivity index (χ1n) is 9.14. The predicted molar refractivity (Wildman–Crippen MR) is 109 cm³/mol. The minimum absolute atomic E-state index is 0.0171. The second-order valence-electron chi connectivity index (χ2n) is 6.25. The summed E-state index contributed by atoms with van der Waals surface area (Å²) in [6.45, 7) is 8.12. The molecular weight excluding hydrogens is 362 g/mol. The number of hydrogen-bond donors (Lipinski definition) is 1. The molecule has 0 saturated heterocycles. The first-order valence-corrected chi connectivity index (χ1v) is 9.95. The van der Waals surface area contributed by atoms with Crippen LogP contribution in [0.5, 0.6) is 0 Å². The summed E-state index contributed by atoms with van der Waals surface area (Å²) in [7, 11) is 0. The number of carbonyl (C=O) groups excluding carboxylic acids is 2. The highest BCUT2D eigenvalue weighted by molar-refractivity contribution is 7.12. The summed E-state index contributed by atoms with van der Waals surface area (Å²) in [5.74, 6) is -0.147. The Morgan fingerprint density at radius 1 is 1.07 bits per heavy atom. The zero-order chi connectivity index (χ0) is 19.6. The Morgan fingerprint density at radius 2 is 1.85 bits per heavy atom. The molecule has 0 aliphatic carbocycles. The maximum absolute atomic E-state index is 12.3. The van der Waals surface area contributed by atoms with E-state index in [4.69, 9.17) is 9.47 Å². The molecule has 1 amide bonds. The highest BCUT2D eigenvalue weighted by Crippen LogP contribution is 2.22. The molecule has 0 aliphatic heterocycles. The van der Waals surface area contributed by atoms with Gasteiger partial charge >= 0.3 is 0 Å². The number of nitrogens with one attached hydrogen (secondary N) is 1. The van der Waals surface area contributed by atoms with Crippen LogP contribution < -0.4 is 5.32 Å². The maximum Gasteiger partial charge on any atom is 0.224 e. The van der Waals surface area contributed by atoms with Crippen LogP contribution in [0.3, 0.4) is 0 Å². The van der Waals surface area contributed by atoms with Gasteiger partial charge in [0, 0.05) is 40.5 Å². The largest absolute Gasteiger partial charge is 0.379 e. The molecule has 27 heavy (non-hydrogen) atoms. The molecule has 146 valence electrons. The number of carbonyl (C=O) groups is 2. The normalized spacial score (nSPS) is 10.8. The summed E-state index contributed by atoms with van der Waals surface area (Å²) in [5, 5.41) is 2.85. The van der Waals surface area contributed by atoms with Crippen molar-refractivity contribution in [3.05, 3.63) is 51.2 Å². The van der Waals surface area contributed by atoms with Crippen LogP contribution in [-0.4, -0.2) is 31.5 Å². The van der Waals surface area contributed by atoms with Crippen LogP contribution in [0.1, 0.15) is 45.4 Å². The molecule has 5 nitrogen and oxygen atoms in total. The molecule has 1 heterocycles. The number of Topliss-reactive ketones (excluding diaryl/α,β-unsaturated/α-hetero) is 1. The number of rotatable bonds is 11. The maximum atomic E-state index is 12.3. The lowest BCUT2D eigenvalue weighted by molar-refractivity contribution is -0.116. The molecule has 0 aliphatic rings. The van der Waals surface area contributed by atoms with Gasteiger partial charge in [0.25, 0.3) is 0 Å². The number of amides is 1. The fourth-order valence-corrected chi connectivity index (χ4v) is 3.63. The summed E-state index contributed by atoms with van der Waals surface area (Å²) in [6.07, 6.45) is 0.380.